The van der Waals surface area contributed by atoms with Gasteiger partial charge in [-0.1, -0.05) is 31.0 Å². The van der Waals surface area contributed by atoms with Gasteiger partial charge in [-0.2, -0.15) is 13.2 Å². The Hall–Kier alpha value is -3.83. The van der Waals surface area contributed by atoms with Gasteiger partial charge in [-0.15, -0.1) is 0 Å². The molecule has 1 saturated heterocycles. The van der Waals surface area contributed by atoms with Gasteiger partial charge in [-0.05, 0) is 84.7 Å². The minimum atomic E-state index is -4.50. The second-order valence-electron chi connectivity index (χ2n) is 11.9. The van der Waals surface area contributed by atoms with Gasteiger partial charge in [0.05, 0.1) is 17.7 Å². The molecule has 2 fully saturated rings. The van der Waals surface area contributed by atoms with E-state index in [4.69, 9.17) is 0 Å². The van der Waals surface area contributed by atoms with Crippen molar-refractivity contribution in [2.75, 3.05) is 18.0 Å². The van der Waals surface area contributed by atoms with E-state index in [1.807, 2.05) is 6.07 Å². The maximum Gasteiger partial charge on any atom is 0.416 e. The van der Waals surface area contributed by atoms with E-state index in [1.165, 1.54) is 12.1 Å². The predicted octanol–water partition coefficient (Wildman–Crippen LogP) is 6.26. The van der Waals surface area contributed by atoms with Gasteiger partial charge < -0.3 is 20.6 Å². The highest BCUT2D eigenvalue weighted by Gasteiger charge is 2.31. The quantitative estimate of drug-likeness (QED) is 0.219. The number of benzene rings is 3. The standard InChI is InChI=1S/C34H36F5N3O3/c35-27-12-22(13-28(36)18-27)14-30(31(43)20-40-19-21-5-3-8-26(11-21)34(37,38)39)41-33(45)25-15-24(23-6-1-2-7-23)16-29(17-25)42-10-4-9-32(42)44/h3,5,8,11-13,15-18,23,30-31,40,43H,1-2,4,6-7,9-10,14,19-20H2,(H,41,45)/t30-,31-/m0/s1. The van der Waals surface area contributed by atoms with Gasteiger partial charge in [0.2, 0.25) is 5.91 Å². The van der Waals surface area contributed by atoms with Crippen molar-refractivity contribution in [2.24, 2.45) is 0 Å². The third-order valence-corrected chi connectivity index (χ3v) is 8.51. The first-order valence-corrected chi connectivity index (χ1v) is 15.2. The molecule has 45 heavy (non-hydrogen) atoms. The summed E-state index contributed by atoms with van der Waals surface area (Å²) in [6.45, 7) is 0.430. The lowest BCUT2D eigenvalue weighted by Crippen LogP contribution is -2.48. The number of carbonyl (C=O) groups is 2. The Morgan fingerprint density at radius 3 is 2.36 bits per heavy atom. The van der Waals surface area contributed by atoms with Gasteiger partial charge >= 0.3 is 6.18 Å². The van der Waals surface area contributed by atoms with Crippen LogP contribution in [0.5, 0.6) is 0 Å². The predicted molar refractivity (Wildman–Crippen MR) is 160 cm³/mol. The largest absolute Gasteiger partial charge is 0.416 e. The van der Waals surface area contributed by atoms with E-state index in [2.05, 4.69) is 10.6 Å². The molecule has 0 unspecified atom stereocenters. The lowest BCUT2D eigenvalue weighted by Gasteiger charge is -2.26. The third kappa shape index (κ3) is 8.46. The van der Waals surface area contributed by atoms with Gasteiger partial charge in [0.15, 0.2) is 0 Å². The van der Waals surface area contributed by atoms with Crippen molar-refractivity contribution in [3.05, 3.63) is 100 Å². The highest BCUT2D eigenvalue weighted by molar-refractivity contribution is 5.99. The van der Waals surface area contributed by atoms with Gasteiger partial charge in [0.25, 0.3) is 5.91 Å². The fourth-order valence-corrected chi connectivity index (χ4v) is 6.22. The number of aliphatic hydroxyl groups excluding tert-OH is 1. The minimum absolute atomic E-state index is 0.00684. The Morgan fingerprint density at radius 2 is 1.69 bits per heavy atom. The summed E-state index contributed by atoms with van der Waals surface area (Å²) in [6, 6.07) is 12.1. The van der Waals surface area contributed by atoms with Crippen LogP contribution in [-0.4, -0.2) is 42.2 Å². The first-order valence-electron chi connectivity index (χ1n) is 15.2. The van der Waals surface area contributed by atoms with Crippen LogP contribution in [0.15, 0.2) is 60.7 Å². The topological polar surface area (TPSA) is 81.7 Å². The normalized spacial score (nSPS) is 17.1. The first-order chi connectivity index (χ1) is 21.5. The second kappa shape index (κ2) is 14.1. The molecule has 1 saturated carbocycles. The number of nitrogens with zero attached hydrogens (tertiary/aromatic N) is 1. The van der Waals surface area contributed by atoms with E-state index in [1.54, 1.807) is 17.0 Å². The van der Waals surface area contributed by atoms with Crippen LogP contribution >= 0.6 is 0 Å². The van der Waals surface area contributed by atoms with Gasteiger partial charge in [-0.25, -0.2) is 8.78 Å². The van der Waals surface area contributed by atoms with Crippen molar-refractivity contribution >= 4 is 17.5 Å². The molecule has 3 aromatic carbocycles. The number of hydrogen-bond donors (Lipinski definition) is 3. The molecule has 6 nitrogen and oxygen atoms in total. The summed E-state index contributed by atoms with van der Waals surface area (Å²) in [7, 11) is 0. The Bertz CT molecular complexity index is 1500. The Kier molecular flexibility index (Phi) is 10.2. The molecule has 0 bridgehead atoms. The van der Waals surface area contributed by atoms with Crippen molar-refractivity contribution in [3.8, 4) is 0 Å². The minimum Gasteiger partial charge on any atom is -0.390 e. The average molecular weight is 630 g/mol. The molecule has 240 valence electrons. The maximum atomic E-state index is 14.0. The van der Waals surface area contributed by atoms with Crippen molar-refractivity contribution in [1.29, 1.82) is 0 Å². The molecular weight excluding hydrogens is 593 g/mol. The first kappa shape index (κ1) is 32.6. The number of anilines is 1. The van der Waals surface area contributed by atoms with Crippen LogP contribution in [0.2, 0.25) is 0 Å². The van der Waals surface area contributed by atoms with Gasteiger partial charge in [-0.3, -0.25) is 9.59 Å². The van der Waals surface area contributed by atoms with E-state index in [9.17, 15) is 36.6 Å². The summed E-state index contributed by atoms with van der Waals surface area (Å²) in [5.74, 6) is -1.90. The number of rotatable bonds is 11. The summed E-state index contributed by atoms with van der Waals surface area (Å²) < 4.78 is 67.4. The van der Waals surface area contributed by atoms with Crippen molar-refractivity contribution in [3.63, 3.8) is 0 Å². The molecule has 1 heterocycles. The molecule has 0 aromatic heterocycles. The van der Waals surface area contributed by atoms with E-state index >= 15 is 0 Å². The summed E-state index contributed by atoms with van der Waals surface area (Å²) in [5, 5.41) is 16.9. The van der Waals surface area contributed by atoms with Gasteiger partial charge in [0.1, 0.15) is 11.6 Å². The lowest BCUT2D eigenvalue weighted by molar-refractivity contribution is -0.137. The van der Waals surface area contributed by atoms with Crippen molar-refractivity contribution in [2.45, 2.75) is 75.7 Å². The molecule has 0 spiro atoms. The SMILES string of the molecule is O=C(N[C@@H](Cc1cc(F)cc(F)c1)[C@@H](O)CNCc1cccc(C(F)(F)F)c1)c1cc(C2CCCC2)cc(N2CCCC2=O)c1. The monoisotopic (exact) mass is 629 g/mol. The number of aliphatic hydroxyl groups is 1. The van der Waals surface area contributed by atoms with Crippen LogP contribution in [0.25, 0.3) is 0 Å². The van der Waals surface area contributed by atoms with E-state index in [0.29, 0.717) is 29.8 Å². The Morgan fingerprint density at radius 1 is 0.956 bits per heavy atom. The summed E-state index contributed by atoms with van der Waals surface area (Å²) in [6.07, 6.45) is -0.639. The average Bonchev–Trinajstić information content (AvgIpc) is 3.68. The van der Waals surface area contributed by atoms with Crippen LogP contribution in [0.3, 0.4) is 0 Å². The zero-order valence-electron chi connectivity index (χ0n) is 24.7. The van der Waals surface area contributed by atoms with Gasteiger partial charge in [0, 0.05) is 43.4 Å². The van der Waals surface area contributed by atoms with Crippen molar-refractivity contribution < 1.29 is 36.6 Å². The van der Waals surface area contributed by atoms with Crippen LogP contribution in [0.1, 0.15) is 77.1 Å². The molecule has 5 rings (SSSR count). The molecule has 3 aromatic rings. The van der Waals surface area contributed by atoms with Crippen LogP contribution in [0, 0.1) is 11.6 Å². The molecule has 0 radical (unpaired) electrons. The summed E-state index contributed by atoms with van der Waals surface area (Å²) in [4.78, 5) is 28.0. The molecule has 2 aliphatic rings. The third-order valence-electron chi connectivity index (χ3n) is 8.51. The molecule has 3 N–H and O–H groups in total. The van der Waals surface area contributed by atoms with E-state index < -0.39 is 41.4 Å². The Labute approximate surface area is 258 Å². The number of nitrogens with one attached hydrogen (secondary N) is 2. The highest BCUT2D eigenvalue weighted by atomic mass is 19.4. The van der Waals surface area contributed by atoms with Crippen LogP contribution in [-0.2, 0) is 23.9 Å². The smallest absolute Gasteiger partial charge is 0.390 e. The highest BCUT2D eigenvalue weighted by Crippen LogP contribution is 2.37. The number of carbonyl (C=O) groups excluding carboxylic acids is 2. The zero-order valence-corrected chi connectivity index (χ0v) is 24.7. The number of hydrogen-bond acceptors (Lipinski definition) is 4. The maximum absolute atomic E-state index is 14.0. The summed E-state index contributed by atoms with van der Waals surface area (Å²) >= 11 is 0. The second-order valence-corrected chi connectivity index (χ2v) is 11.9. The summed E-state index contributed by atoms with van der Waals surface area (Å²) in [5.41, 5.74) is 1.65. The lowest BCUT2D eigenvalue weighted by atomic mass is 9.94. The van der Waals surface area contributed by atoms with Crippen LogP contribution < -0.4 is 15.5 Å². The van der Waals surface area contributed by atoms with Crippen LogP contribution in [0.4, 0.5) is 27.6 Å². The molecular formula is C34H36F5N3O3. The molecule has 2 amide bonds. The Balaban J connectivity index is 1.36. The fourth-order valence-electron chi connectivity index (χ4n) is 6.22. The molecule has 1 aliphatic heterocycles. The number of alkyl halides is 3. The molecule has 1 aliphatic carbocycles. The van der Waals surface area contributed by atoms with Crippen molar-refractivity contribution in [1.82, 2.24) is 10.6 Å². The zero-order chi connectivity index (χ0) is 32.1. The fraction of sp³-hybridized carbons (Fsp3) is 0.412. The van der Waals surface area contributed by atoms with E-state index in [-0.39, 0.29) is 36.9 Å². The van der Waals surface area contributed by atoms with E-state index in [0.717, 1.165) is 68.0 Å². The number of halogens is 5. The molecule has 11 heteroatoms. The number of amides is 2. The molecule has 2 atom stereocenters.